The molecule has 0 aliphatic rings. The summed E-state index contributed by atoms with van der Waals surface area (Å²) in [5.41, 5.74) is 1.56. The molecule has 0 fully saturated rings. The number of nitrogens with zero attached hydrogens (tertiary/aromatic N) is 2. The number of hydrogen-bond acceptors (Lipinski definition) is 3. The van der Waals surface area contributed by atoms with Gasteiger partial charge in [0, 0.05) is 23.9 Å². The van der Waals surface area contributed by atoms with E-state index in [0.29, 0.717) is 18.4 Å². The van der Waals surface area contributed by atoms with E-state index in [0.717, 1.165) is 17.3 Å². The van der Waals surface area contributed by atoms with E-state index < -0.39 is 5.97 Å². The topological polar surface area (TPSA) is 64.3 Å². The number of hydrogen-bond donors (Lipinski definition) is 1. The van der Waals surface area contributed by atoms with E-state index in [-0.39, 0.29) is 0 Å². The molecule has 0 atom stereocenters. The van der Waals surface area contributed by atoms with Crippen molar-refractivity contribution < 1.29 is 14.6 Å². The van der Waals surface area contributed by atoms with Crippen molar-refractivity contribution in [1.29, 1.82) is 0 Å². The number of benzene rings is 1. The van der Waals surface area contributed by atoms with Crippen molar-refractivity contribution >= 4 is 12.0 Å². The Bertz CT molecular complexity index is 644. The summed E-state index contributed by atoms with van der Waals surface area (Å²) in [5.74, 6) is -0.352. The number of aromatic nitrogens is 2. The Balaban J connectivity index is 2.07. The van der Waals surface area contributed by atoms with Gasteiger partial charge in [-0.2, -0.15) is 5.10 Å². The number of aliphatic carboxylic acids is 1. The third kappa shape index (κ3) is 4.21. The Morgan fingerprint density at radius 3 is 2.81 bits per heavy atom. The number of carboxylic acids is 1. The van der Waals surface area contributed by atoms with Crippen molar-refractivity contribution in [1.82, 2.24) is 9.78 Å². The van der Waals surface area contributed by atoms with Gasteiger partial charge in [-0.25, -0.2) is 4.79 Å². The Kier molecular flexibility index (Phi) is 4.77. The molecule has 0 saturated carbocycles. The first-order chi connectivity index (χ1) is 10.1. The van der Waals surface area contributed by atoms with Crippen LogP contribution in [-0.2, 0) is 11.4 Å². The van der Waals surface area contributed by atoms with Gasteiger partial charge in [-0.15, -0.1) is 0 Å². The van der Waals surface area contributed by atoms with Gasteiger partial charge in [0.25, 0.3) is 0 Å². The molecule has 0 unspecified atom stereocenters. The van der Waals surface area contributed by atoms with Gasteiger partial charge in [0.05, 0.1) is 5.69 Å². The molecule has 1 aromatic carbocycles. The summed E-state index contributed by atoms with van der Waals surface area (Å²) in [6.07, 6.45) is 4.53. The molecule has 1 N–H and O–H groups in total. The lowest BCUT2D eigenvalue weighted by molar-refractivity contribution is -0.131. The molecule has 0 amide bonds. The third-order valence-electron chi connectivity index (χ3n) is 2.89. The van der Waals surface area contributed by atoms with Crippen molar-refractivity contribution in [2.45, 2.75) is 26.5 Å². The highest BCUT2D eigenvalue weighted by atomic mass is 16.5. The number of carbonyl (C=O) groups is 1. The molecular formula is C16H18N2O3. The predicted octanol–water partition coefficient (Wildman–Crippen LogP) is 3.14. The van der Waals surface area contributed by atoms with E-state index in [4.69, 9.17) is 9.84 Å². The maximum atomic E-state index is 10.6. The second kappa shape index (κ2) is 6.74. The maximum Gasteiger partial charge on any atom is 0.328 e. The van der Waals surface area contributed by atoms with Crippen LogP contribution in [0.25, 0.3) is 6.08 Å². The summed E-state index contributed by atoms with van der Waals surface area (Å²) in [4.78, 5) is 10.6. The van der Waals surface area contributed by atoms with Crippen LogP contribution < -0.4 is 4.74 Å². The minimum Gasteiger partial charge on any atom is -0.487 e. The summed E-state index contributed by atoms with van der Waals surface area (Å²) in [6.45, 7) is 4.46. The van der Waals surface area contributed by atoms with Crippen LogP contribution in [0.4, 0.5) is 0 Å². The molecular weight excluding hydrogens is 268 g/mol. The minimum atomic E-state index is -0.986. The largest absolute Gasteiger partial charge is 0.487 e. The van der Waals surface area contributed by atoms with E-state index in [1.807, 2.05) is 35.1 Å². The lowest BCUT2D eigenvalue weighted by atomic mass is 10.2. The number of para-hydroxylation sites is 1. The van der Waals surface area contributed by atoms with Crippen LogP contribution in [0.1, 0.15) is 31.1 Å². The number of carboxylic acid groups (broad SMARTS) is 1. The number of ether oxygens (including phenoxy) is 1. The summed E-state index contributed by atoms with van der Waals surface area (Å²) < 4.78 is 7.60. The lowest BCUT2D eigenvalue weighted by Gasteiger charge is -2.08. The van der Waals surface area contributed by atoms with Crippen molar-refractivity contribution in [2.75, 3.05) is 0 Å². The van der Waals surface area contributed by atoms with Gasteiger partial charge < -0.3 is 9.84 Å². The molecule has 5 heteroatoms. The van der Waals surface area contributed by atoms with Gasteiger partial charge in [0.2, 0.25) is 0 Å². The Morgan fingerprint density at radius 1 is 1.38 bits per heavy atom. The quantitative estimate of drug-likeness (QED) is 0.829. The lowest BCUT2D eigenvalue weighted by Crippen LogP contribution is -2.03. The SMILES string of the molecule is CC(C)n1ccc(COc2ccccc2C=CC(=O)O)n1. The highest BCUT2D eigenvalue weighted by molar-refractivity contribution is 5.85. The van der Waals surface area contributed by atoms with Crippen LogP contribution in [-0.4, -0.2) is 20.9 Å². The maximum absolute atomic E-state index is 10.6. The van der Waals surface area contributed by atoms with Crippen LogP contribution in [0, 0.1) is 0 Å². The summed E-state index contributed by atoms with van der Waals surface area (Å²) in [6, 6.07) is 9.52. The van der Waals surface area contributed by atoms with Crippen LogP contribution in [0.15, 0.2) is 42.6 Å². The van der Waals surface area contributed by atoms with E-state index in [1.54, 1.807) is 6.07 Å². The highest BCUT2D eigenvalue weighted by Gasteiger charge is 2.05. The Labute approximate surface area is 123 Å². The zero-order valence-electron chi connectivity index (χ0n) is 12.1. The first-order valence-corrected chi connectivity index (χ1v) is 6.73. The van der Waals surface area contributed by atoms with Gasteiger partial charge in [0.15, 0.2) is 0 Å². The molecule has 1 heterocycles. The standard InChI is InChI=1S/C16H18N2O3/c1-12(2)18-10-9-14(17-18)11-21-15-6-4-3-5-13(15)7-8-16(19)20/h3-10,12H,11H2,1-2H3,(H,19,20). The average Bonchev–Trinajstić information content (AvgIpc) is 2.93. The van der Waals surface area contributed by atoms with E-state index in [1.165, 1.54) is 6.08 Å². The first kappa shape index (κ1) is 14.8. The third-order valence-corrected chi connectivity index (χ3v) is 2.89. The molecule has 1 aromatic heterocycles. The van der Waals surface area contributed by atoms with Crippen molar-refractivity contribution in [3.8, 4) is 5.75 Å². The number of rotatable bonds is 6. The van der Waals surface area contributed by atoms with Crippen LogP contribution in [0.2, 0.25) is 0 Å². The Hall–Kier alpha value is -2.56. The highest BCUT2D eigenvalue weighted by Crippen LogP contribution is 2.20. The minimum absolute atomic E-state index is 0.310. The zero-order chi connectivity index (χ0) is 15.2. The van der Waals surface area contributed by atoms with Gasteiger partial charge in [-0.05, 0) is 32.1 Å². The van der Waals surface area contributed by atoms with Crippen molar-refractivity contribution in [2.24, 2.45) is 0 Å². The van der Waals surface area contributed by atoms with E-state index in [9.17, 15) is 4.79 Å². The van der Waals surface area contributed by atoms with Crippen molar-refractivity contribution in [3.05, 3.63) is 53.9 Å². The van der Waals surface area contributed by atoms with Gasteiger partial charge in [-0.1, -0.05) is 18.2 Å². The van der Waals surface area contributed by atoms with Crippen LogP contribution in [0.3, 0.4) is 0 Å². The summed E-state index contributed by atoms with van der Waals surface area (Å²) in [5, 5.41) is 13.1. The molecule has 5 nitrogen and oxygen atoms in total. The Morgan fingerprint density at radius 2 is 2.14 bits per heavy atom. The summed E-state index contributed by atoms with van der Waals surface area (Å²) >= 11 is 0. The van der Waals surface area contributed by atoms with E-state index >= 15 is 0 Å². The molecule has 2 rings (SSSR count). The molecule has 0 bridgehead atoms. The molecule has 0 aliphatic heterocycles. The molecule has 21 heavy (non-hydrogen) atoms. The zero-order valence-corrected chi connectivity index (χ0v) is 12.1. The molecule has 0 saturated heterocycles. The average molecular weight is 286 g/mol. The van der Waals surface area contributed by atoms with Crippen LogP contribution >= 0.6 is 0 Å². The van der Waals surface area contributed by atoms with E-state index in [2.05, 4.69) is 18.9 Å². The predicted molar refractivity (Wildman–Crippen MR) is 80.1 cm³/mol. The first-order valence-electron chi connectivity index (χ1n) is 6.73. The fraction of sp³-hybridized carbons (Fsp3) is 0.250. The van der Waals surface area contributed by atoms with Gasteiger partial charge >= 0.3 is 5.97 Å². The summed E-state index contributed by atoms with van der Waals surface area (Å²) in [7, 11) is 0. The molecule has 110 valence electrons. The molecule has 2 aromatic rings. The fourth-order valence-corrected chi connectivity index (χ4v) is 1.80. The van der Waals surface area contributed by atoms with Gasteiger partial charge in [0.1, 0.15) is 12.4 Å². The second-order valence-electron chi connectivity index (χ2n) is 4.88. The second-order valence-corrected chi connectivity index (χ2v) is 4.88. The van der Waals surface area contributed by atoms with Gasteiger partial charge in [-0.3, -0.25) is 4.68 Å². The molecule has 0 radical (unpaired) electrons. The molecule has 0 spiro atoms. The monoisotopic (exact) mass is 286 g/mol. The molecule has 0 aliphatic carbocycles. The smallest absolute Gasteiger partial charge is 0.328 e. The fourth-order valence-electron chi connectivity index (χ4n) is 1.80. The normalized spacial score (nSPS) is 11.2. The van der Waals surface area contributed by atoms with Crippen molar-refractivity contribution in [3.63, 3.8) is 0 Å². The van der Waals surface area contributed by atoms with Crippen LogP contribution in [0.5, 0.6) is 5.75 Å².